The van der Waals surface area contributed by atoms with E-state index in [0.717, 1.165) is 16.8 Å². The minimum absolute atomic E-state index is 0.137. The van der Waals surface area contributed by atoms with Crippen molar-refractivity contribution in [2.75, 3.05) is 23.4 Å². The van der Waals surface area contributed by atoms with Gasteiger partial charge >= 0.3 is 0 Å². The zero-order valence-electron chi connectivity index (χ0n) is 16.2. The van der Waals surface area contributed by atoms with Gasteiger partial charge in [0.1, 0.15) is 5.75 Å². The van der Waals surface area contributed by atoms with Crippen LogP contribution in [-0.2, 0) is 24.7 Å². The minimum Gasteiger partial charge on any atom is -0.476 e. The van der Waals surface area contributed by atoms with Crippen molar-refractivity contribution in [3.05, 3.63) is 54.1 Å². The highest BCUT2D eigenvalue weighted by Gasteiger charge is 2.35. The molecule has 1 aliphatic rings. The van der Waals surface area contributed by atoms with Gasteiger partial charge in [-0.05, 0) is 36.8 Å². The largest absolute Gasteiger partial charge is 0.476 e. The van der Waals surface area contributed by atoms with Gasteiger partial charge in [0.2, 0.25) is 10.0 Å². The Bertz CT molecular complexity index is 1130. The Balaban J connectivity index is 1.77. The zero-order chi connectivity index (χ0) is 21.4. The number of carbonyl (C=O) groups excluding carboxylic acids is 1. The lowest BCUT2D eigenvalue weighted by Gasteiger charge is -2.34. The Morgan fingerprint density at radius 2 is 1.69 bits per heavy atom. The third-order valence-electron chi connectivity index (χ3n) is 4.59. The summed E-state index contributed by atoms with van der Waals surface area (Å²) in [5, 5.41) is 2.79. The molecule has 1 aliphatic heterocycles. The van der Waals surface area contributed by atoms with E-state index in [1.54, 1.807) is 43.3 Å². The number of fused-ring (bicyclic) bond motifs is 1. The average Bonchev–Trinajstić information content (AvgIpc) is 2.65. The van der Waals surface area contributed by atoms with Crippen molar-refractivity contribution in [2.45, 2.75) is 24.0 Å². The number of rotatable bonds is 5. The number of sulfonamides is 1. The van der Waals surface area contributed by atoms with E-state index in [9.17, 15) is 21.6 Å². The fraction of sp³-hybridized carbons (Fsp3) is 0.316. The monoisotopic (exact) mass is 438 g/mol. The summed E-state index contributed by atoms with van der Waals surface area (Å²) in [6.45, 7) is 1.61. The number of amides is 1. The highest BCUT2D eigenvalue weighted by atomic mass is 32.2. The molecule has 0 spiro atoms. The van der Waals surface area contributed by atoms with E-state index in [2.05, 4.69) is 5.32 Å². The Hall–Kier alpha value is -2.59. The summed E-state index contributed by atoms with van der Waals surface area (Å²) in [5.41, 5.74) is 1.10. The fourth-order valence-corrected chi connectivity index (χ4v) is 4.59. The summed E-state index contributed by atoms with van der Waals surface area (Å²) >= 11 is 0. The first kappa shape index (κ1) is 21.1. The quantitative estimate of drug-likeness (QED) is 0.758. The SMILES string of the molecule is C[C@@H](NC(=O)[C@@H]1CN(S(C)(=O)=O)c2ccccc2O1)c1ccc(S(C)(=O)=O)cc1. The van der Waals surface area contributed by atoms with Crippen LogP contribution in [0, 0.1) is 0 Å². The van der Waals surface area contributed by atoms with Crippen LogP contribution >= 0.6 is 0 Å². The molecule has 3 rings (SSSR count). The van der Waals surface area contributed by atoms with Gasteiger partial charge in [-0.1, -0.05) is 24.3 Å². The number of ether oxygens (including phenoxy) is 1. The molecular formula is C19H22N2O6S2. The number of hydrogen-bond acceptors (Lipinski definition) is 6. The van der Waals surface area contributed by atoms with Gasteiger partial charge in [-0.15, -0.1) is 0 Å². The average molecular weight is 439 g/mol. The van der Waals surface area contributed by atoms with Gasteiger partial charge in [0.15, 0.2) is 15.9 Å². The van der Waals surface area contributed by atoms with Crippen molar-refractivity contribution in [2.24, 2.45) is 0 Å². The molecule has 2 aromatic rings. The number of benzene rings is 2. The van der Waals surface area contributed by atoms with Gasteiger partial charge < -0.3 is 10.1 Å². The van der Waals surface area contributed by atoms with Crippen LogP contribution in [0.2, 0.25) is 0 Å². The Morgan fingerprint density at radius 1 is 1.07 bits per heavy atom. The molecule has 156 valence electrons. The molecule has 8 nitrogen and oxygen atoms in total. The van der Waals surface area contributed by atoms with Crippen molar-refractivity contribution >= 4 is 31.5 Å². The first-order valence-electron chi connectivity index (χ1n) is 8.80. The maximum atomic E-state index is 12.7. The highest BCUT2D eigenvalue weighted by Crippen LogP contribution is 2.34. The van der Waals surface area contributed by atoms with Crippen LogP contribution in [0.25, 0.3) is 0 Å². The van der Waals surface area contributed by atoms with Crippen LogP contribution in [0.4, 0.5) is 5.69 Å². The predicted molar refractivity (Wildman–Crippen MR) is 109 cm³/mol. The van der Waals surface area contributed by atoms with E-state index >= 15 is 0 Å². The molecule has 0 aromatic heterocycles. The molecule has 1 N–H and O–H groups in total. The number of para-hydroxylation sites is 2. The Morgan fingerprint density at radius 3 is 2.28 bits per heavy atom. The van der Waals surface area contributed by atoms with Gasteiger partial charge in [0.05, 0.1) is 29.4 Å². The fourth-order valence-electron chi connectivity index (χ4n) is 3.05. The van der Waals surface area contributed by atoms with Crippen LogP contribution in [0.1, 0.15) is 18.5 Å². The second-order valence-corrected chi connectivity index (χ2v) is 10.9. The second kappa shape index (κ2) is 7.68. The van der Waals surface area contributed by atoms with Gasteiger partial charge in [0.25, 0.3) is 5.91 Å². The number of hydrogen-bond donors (Lipinski definition) is 1. The summed E-state index contributed by atoms with van der Waals surface area (Å²) in [5.74, 6) is -0.151. The first-order chi connectivity index (χ1) is 13.5. The summed E-state index contributed by atoms with van der Waals surface area (Å²) in [6.07, 6.45) is 1.19. The zero-order valence-corrected chi connectivity index (χ0v) is 17.8. The van der Waals surface area contributed by atoms with Crippen LogP contribution in [0.5, 0.6) is 5.75 Å². The van der Waals surface area contributed by atoms with Crippen molar-refractivity contribution < 1.29 is 26.4 Å². The normalized spacial score (nSPS) is 17.8. The Labute approximate surface area is 170 Å². The third kappa shape index (κ3) is 4.70. The summed E-state index contributed by atoms with van der Waals surface area (Å²) in [4.78, 5) is 12.9. The van der Waals surface area contributed by atoms with Crippen molar-refractivity contribution in [1.29, 1.82) is 0 Å². The molecule has 0 bridgehead atoms. The number of sulfone groups is 1. The van der Waals surface area contributed by atoms with E-state index in [4.69, 9.17) is 4.74 Å². The molecule has 0 saturated heterocycles. The maximum absolute atomic E-state index is 12.7. The molecule has 0 aliphatic carbocycles. The lowest BCUT2D eigenvalue weighted by molar-refractivity contribution is -0.128. The molecule has 2 aromatic carbocycles. The van der Waals surface area contributed by atoms with Crippen molar-refractivity contribution in [3.8, 4) is 5.75 Å². The van der Waals surface area contributed by atoms with Crippen LogP contribution < -0.4 is 14.4 Å². The van der Waals surface area contributed by atoms with E-state index in [1.807, 2.05) is 0 Å². The molecule has 2 atom stereocenters. The van der Waals surface area contributed by atoms with E-state index in [-0.39, 0.29) is 11.4 Å². The molecule has 1 amide bonds. The summed E-state index contributed by atoms with van der Waals surface area (Å²) < 4.78 is 54.3. The Kier molecular flexibility index (Phi) is 5.59. The number of nitrogens with one attached hydrogen (secondary N) is 1. The van der Waals surface area contributed by atoms with Crippen molar-refractivity contribution in [3.63, 3.8) is 0 Å². The molecule has 1 heterocycles. The van der Waals surface area contributed by atoms with Gasteiger partial charge in [-0.3, -0.25) is 9.10 Å². The van der Waals surface area contributed by atoms with Crippen LogP contribution in [0.15, 0.2) is 53.4 Å². The van der Waals surface area contributed by atoms with E-state index < -0.39 is 37.9 Å². The molecule has 0 fully saturated rings. The summed E-state index contributed by atoms with van der Waals surface area (Å²) in [6, 6.07) is 12.4. The molecule has 29 heavy (non-hydrogen) atoms. The maximum Gasteiger partial charge on any atom is 0.263 e. The predicted octanol–water partition coefficient (Wildman–Crippen LogP) is 1.49. The molecule has 0 unspecified atom stereocenters. The number of carbonyl (C=O) groups is 1. The van der Waals surface area contributed by atoms with Crippen LogP contribution in [-0.4, -0.2) is 47.9 Å². The lowest BCUT2D eigenvalue weighted by atomic mass is 10.1. The minimum atomic E-state index is -3.59. The smallest absolute Gasteiger partial charge is 0.263 e. The first-order valence-corrected chi connectivity index (χ1v) is 12.5. The van der Waals surface area contributed by atoms with Crippen molar-refractivity contribution in [1.82, 2.24) is 5.32 Å². The van der Waals surface area contributed by atoms with E-state index in [1.165, 1.54) is 12.1 Å². The molecule has 0 saturated carbocycles. The van der Waals surface area contributed by atoms with Gasteiger partial charge in [0, 0.05) is 6.26 Å². The van der Waals surface area contributed by atoms with Gasteiger partial charge in [-0.25, -0.2) is 16.8 Å². The molecule has 10 heteroatoms. The highest BCUT2D eigenvalue weighted by molar-refractivity contribution is 7.92. The van der Waals surface area contributed by atoms with E-state index in [0.29, 0.717) is 17.0 Å². The molecular weight excluding hydrogens is 416 g/mol. The second-order valence-electron chi connectivity index (χ2n) is 6.94. The van der Waals surface area contributed by atoms with Crippen LogP contribution in [0.3, 0.4) is 0 Å². The summed E-state index contributed by atoms with van der Waals surface area (Å²) in [7, 11) is -6.89. The molecule has 0 radical (unpaired) electrons. The number of nitrogens with zero attached hydrogens (tertiary/aromatic N) is 1. The lowest BCUT2D eigenvalue weighted by Crippen LogP contribution is -2.50. The third-order valence-corrected chi connectivity index (χ3v) is 6.87. The topological polar surface area (TPSA) is 110 Å². The number of anilines is 1. The van der Waals surface area contributed by atoms with Gasteiger partial charge in [-0.2, -0.15) is 0 Å². The standard InChI is InChI=1S/C19H22N2O6S2/c1-13(14-8-10-15(11-9-14)28(2,23)24)20-19(22)18-12-21(29(3,25)26)16-6-4-5-7-17(16)27-18/h4-11,13,18H,12H2,1-3H3,(H,20,22)/t13-,18+/m1/s1.